The van der Waals surface area contributed by atoms with E-state index in [0.717, 1.165) is 12.8 Å². The van der Waals surface area contributed by atoms with Crippen LogP contribution in [0, 0.1) is 12.8 Å². The van der Waals surface area contributed by atoms with Crippen LogP contribution in [-0.4, -0.2) is 38.9 Å². The molecule has 5 nitrogen and oxygen atoms in total. The molecule has 1 aliphatic rings. The summed E-state index contributed by atoms with van der Waals surface area (Å²) in [6.45, 7) is 4.88. The Bertz CT molecular complexity index is 639. The zero-order chi connectivity index (χ0) is 15.6. The minimum atomic E-state index is -3.55. The number of nitrogens with zero attached hydrogens (tertiary/aromatic N) is 1. The summed E-state index contributed by atoms with van der Waals surface area (Å²) in [7, 11) is -2.26. The van der Waals surface area contributed by atoms with Gasteiger partial charge in [-0.15, -0.1) is 0 Å². The molecule has 0 unspecified atom stereocenters. The predicted molar refractivity (Wildman–Crippen MR) is 79.7 cm³/mol. The molecule has 1 heterocycles. The maximum Gasteiger partial charge on any atom is 0.338 e. The molecule has 0 aromatic heterocycles. The van der Waals surface area contributed by atoms with Crippen molar-refractivity contribution in [3.8, 4) is 0 Å². The number of hydrogen-bond donors (Lipinski definition) is 0. The van der Waals surface area contributed by atoms with Crippen molar-refractivity contribution in [2.24, 2.45) is 5.92 Å². The lowest BCUT2D eigenvalue weighted by Gasteiger charge is -2.30. The molecular formula is C15H21NO4S. The highest BCUT2D eigenvalue weighted by molar-refractivity contribution is 7.89. The second-order valence-corrected chi connectivity index (χ2v) is 7.52. The molecule has 1 fully saturated rings. The molecule has 21 heavy (non-hydrogen) atoms. The highest BCUT2D eigenvalue weighted by Gasteiger charge is 2.29. The molecule has 0 spiro atoms. The van der Waals surface area contributed by atoms with Crippen molar-refractivity contribution in [3.05, 3.63) is 29.3 Å². The first-order valence-electron chi connectivity index (χ1n) is 7.05. The highest BCUT2D eigenvalue weighted by Crippen LogP contribution is 2.25. The third kappa shape index (κ3) is 3.27. The standard InChI is InChI=1S/C15H21NO4S/c1-11-5-4-8-16(10-11)21(18,19)13-7-6-12(2)14(9-13)15(17)20-3/h6-7,9,11H,4-5,8,10H2,1-3H3/t11-/m0/s1. The van der Waals surface area contributed by atoms with E-state index >= 15 is 0 Å². The van der Waals surface area contributed by atoms with Crippen LogP contribution in [0.25, 0.3) is 0 Å². The number of methoxy groups -OCH3 is 1. The van der Waals surface area contributed by atoms with Crippen molar-refractivity contribution in [2.45, 2.75) is 31.6 Å². The van der Waals surface area contributed by atoms with E-state index in [1.807, 2.05) is 0 Å². The number of aryl methyl sites for hydroxylation is 1. The average Bonchev–Trinajstić information content (AvgIpc) is 2.46. The van der Waals surface area contributed by atoms with Gasteiger partial charge in [0.2, 0.25) is 10.0 Å². The molecule has 116 valence electrons. The van der Waals surface area contributed by atoms with Gasteiger partial charge in [-0.3, -0.25) is 0 Å². The fraction of sp³-hybridized carbons (Fsp3) is 0.533. The van der Waals surface area contributed by atoms with Crippen LogP contribution in [0.3, 0.4) is 0 Å². The van der Waals surface area contributed by atoms with Crippen molar-refractivity contribution in [1.29, 1.82) is 0 Å². The van der Waals surface area contributed by atoms with Gasteiger partial charge in [0.25, 0.3) is 0 Å². The van der Waals surface area contributed by atoms with Crippen LogP contribution >= 0.6 is 0 Å². The molecule has 1 aromatic rings. The smallest absolute Gasteiger partial charge is 0.338 e. The predicted octanol–water partition coefficient (Wildman–Crippen LogP) is 2.20. The molecule has 0 aliphatic carbocycles. The Labute approximate surface area is 126 Å². The summed E-state index contributed by atoms with van der Waals surface area (Å²) in [5.41, 5.74) is 0.997. The van der Waals surface area contributed by atoms with E-state index in [9.17, 15) is 13.2 Å². The number of carbonyl (C=O) groups is 1. The Morgan fingerprint density at radius 1 is 1.38 bits per heavy atom. The molecule has 0 saturated carbocycles. The zero-order valence-electron chi connectivity index (χ0n) is 12.6. The fourth-order valence-electron chi connectivity index (χ4n) is 2.61. The van der Waals surface area contributed by atoms with Crippen molar-refractivity contribution >= 4 is 16.0 Å². The number of benzene rings is 1. The first-order valence-corrected chi connectivity index (χ1v) is 8.49. The minimum absolute atomic E-state index is 0.155. The molecule has 0 N–H and O–H groups in total. The monoisotopic (exact) mass is 311 g/mol. The van der Waals surface area contributed by atoms with Gasteiger partial charge in [-0.05, 0) is 43.4 Å². The second kappa shape index (κ2) is 6.15. The van der Waals surface area contributed by atoms with Crippen LogP contribution in [0.2, 0.25) is 0 Å². The molecule has 1 aliphatic heterocycles. The van der Waals surface area contributed by atoms with Gasteiger partial charge in [-0.1, -0.05) is 13.0 Å². The summed E-state index contributed by atoms with van der Waals surface area (Å²) in [6, 6.07) is 4.61. The first kappa shape index (κ1) is 16.0. The Morgan fingerprint density at radius 2 is 2.10 bits per heavy atom. The SMILES string of the molecule is COC(=O)c1cc(S(=O)(=O)N2CCC[C@H](C)C2)ccc1C. The molecule has 0 amide bonds. The molecule has 1 atom stereocenters. The van der Waals surface area contributed by atoms with Crippen LogP contribution in [0.4, 0.5) is 0 Å². The topological polar surface area (TPSA) is 63.7 Å². The number of sulfonamides is 1. The van der Waals surface area contributed by atoms with Gasteiger partial charge >= 0.3 is 5.97 Å². The molecular weight excluding hydrogens is 290 g/mol. The summed E-state index contributed by atoms with van der Waals surface area (Å²) >= 11 is 0. The van der Waals surface area contributed by atoms with E-state index in [0.29, 0.717) is 30.1 Å². The van der Waals surface area contributed by atoms with E-state index in [1.165, 1.54) is 17.5 Å². The van der Waals surface area contributed by atoms with Crippen LogP contribution in [0.15, 0.2) is 23.1 Å². The van der Waals surface area contributed by atoms with Crippen LogP contribution < -0.4 is 0 Å². The first-order chi connectivity index (χ1) is 9.86. The molecule has 6 heteroatoms. The minimum Gasteiger partial charge on any atom is -0.465 e. The average molecular weight is 311 g/mol. The number of carbonyl (C=O) groups excluding carboxylic acids is 1. The van der Waals surface area contributed by atoms with E-state index < -0.39 is 16.0 Å². The van der Waals surface area contributed by atoms with E-state index in [4.69, 9.17) is 4.74 Å². The maximum atomic E-state index is 12.7. The lowest BCUT2D eigenvalue weighted by Crippen LogP contribution is -2.39. The lowest BCUT2D eigenvalue weighted by atomic mass is 10.0. The largest absolute Gasteiger partial charge is 0.465 e. The van der Waals surface area contributed by atoms with Gasteiger partial charge in [0.05, 0.1) is 17.6 Å². The van der Waals surface area contributed by atoms with E-state index in [-0.39, 0.29) is 4.90 Å². The number of rotatable bonds is 3. The lowest BCUT2D eigenvalue weighted by molar-refractivity contribution is 0.0599. The van der Waals surface area contributed by atoms with E-state index in [1.54, 1.807) is 19.1 Å². The number of esters is 1. The molecule has 2 rings (SSSR count). The van der Waals surface area contributed by atoms with Gasteiger partial charge in [0.1, 0.15) is 0 Å². The van der Waals surface area contributed by atoms with Crippen molar-refractivity contribution in [3.63, 3.8) is 0 Å². The summed E-state index contributed by atoms with van der Waals surface area (Å²) in [4.78, 5) is 11.9. The normalized spacial score (nSPS) is 20.2. The van der Waals surface area contributed by atoms with Gasteiger partial charge in [0.15, 0.2) is 0 Å². The molecule has 0 radical (unpaired) electrons. The van der Waals surface area contributed by atoms with Crippen molar-refractivity contribution in [1.82, 2.24) is 4.31 Å². The fourth-order valence-corrected chi connectivity index (χ4v) is 4.23. The molecule has 0 bridgehead atoms. The molecule has 1 saturated heterocycles. The Kier molecular flexibility index (Phi) is 4.68. The second-order valence-electron chi connectivity index (χ2n) is 5.58. The Morgan fingerprint density at radius 3 is 2.71 bits per heavy atom. The molecule has 1 aromatic carbocycles. The van der Waals surface area contributed by atoms with Crippen LogP contribution in [-0.2, 0) is 14.8 Å². The quantitative estimate of drug-likeness (QED) is 0.803. The summed E-state index contributed by atoms with van der Waals surface area (Å²) in [5.74, 6) is -0.157. The zero-order valence-corrected chi connectivity index (χ0v) is 13.4. The Hall–Kier alpha value is -1.40. The van der Waals surface area contributed by atoms with E-state index in [2.05, 4.69) is 6.92 Å². The highest BCUT2D eigenvalue weighted by atomic mass is 32.2. The number of hydrogen-bond acceptors (Lipinski definition) is 4. The summed E-state index contributed by atoms with van der Waals surface area (Å²) in [5, 5.41) is 0. The van der Waals surface area contributed by atoms with Crippen molar-refractivity contribution < 1.29 is 17.9 Å². The summed E-state index contributed by atoms with van der Waals surface area (Å²) < 4.78 is 31.6. The van der Waals surface area contributed by atoms with Crippen molar-refractivity contribution in [2.75, 3.05) is 20.2 Å². The van der Waals surface area contributed by atoms with Gasteiger partial charge in [-0.2, -0.15) is 4.31 Å². The summed E-state index contributed by atoms with van der Waals surface area (Å²) in [6.07, 6.45) is 1.92. The van der Waals surface area contributed by atoms with Gasteiger partial charge in [0, 0.05) is 13.1 Å². The van der Waals surface area contributed by atoms with Gasteiger partial charge < -0.3 is 4.74 Å². The Balaban J connectivity index is 2.38. The van der Waals surface area contributed by atoms with Crippen LogP contribution in [0.1, 0.15) is 35.7 Å². The number of ether oxygens (including phenoxy) is 1. The maximum absolute atomic E-state index is 12.7. The van der Waals surface area contributed by atoms with Crippen LogP contribution in [0.5, 0.6) is 0 Å². The third-order valence-corrected chi connectivity index (χ3v) is 5.73. The third-order valence-electron chi connectivity index (χ3n) is 3.87. The van der Waals surface area contributed by atoms with Gasteiger partial charge in [-0.25, -0.2) is 13.2 Å². The number of piperidine rings is 1.